The largest absolute Gasteiger partial charge is 0.495 e. The summed E-state index contributed by atoms with van der Waals surface area (Å²) in [6.45, 7) is 8.42. The zero-order valence-corrected chi connectivity index (χ0v) is 17.8. The van der Waals surface area contributed by atoms with Crippen molar-refractivity contribution in [1.82, 2.24) is 0 Å². The highest BCUT2D eigenvalue weighted by Gasteiger charge is 2.55. The lowest BCUT2D eigenvalue weighted by Gasteiger charge is -2.37. The van der Waals surface area contributed by atoms with Crippen molar-refractivity contribution in [1.29, 1.82) is 5.26 Å². The van der Waals surface area contributed by atoms with Gasteiger partial charge in [-0.1, -0.05) is 49.6 Å². The van der Waals surface area contributed by atoms with Crippen molar-refractivity contribution in [3.05, 3.63) is 53.1 Å². The first-order valence-electron chi connectivity index (χ1n) is 10.8. The maximum Gasteiger partial charge on any atom is 0.495 e. The Labute approximate surface area is 174 Å². The fourth-order valence-electron chi connectivity index (χ4n) is 5.66. The van der Waals surface area contributed by atoms with Gasteiger partial charge in [0.25, 0.3) is 0 Å². The molecule has 148 valence electrons. The Balaban J connectivity index is 1.75. The molecule has 1 heterocycles. The fourth-order valence-corrected chi connectivity index (χ4v) is 5.66. The number of hydrogen-bond donors (Lipinski definition) is 0. The molecule has 0 bridgehead atoms. The standard InChI is InChI=1S/C25H28BNO2/c1-23(2)24(3,4)29-26(28-23)20-13-9-12-19-18-11-8-10-17(16-27)21(18)25(22(19)20)14-6-5-7-15-25/h8-13H,5-7,14-15H2,1-4H3. The van der Waals surface area contributed by atoms with E-state index in [0.717, 1.165) is 23.9 Å². The van der Waals surface area contributed by atoms with E-state index in [1.165, 1.54) is 41.5 Å². The van der Waals surface area contributed by atoms with Gasteiger partial charge in [-0.25, -0.2) is 0 Å². The summed E-state index contributed by atoms with van der Waals surface area (Å²) in [6.07, 6.45) is 5.82. The van der Waals surface area contributed by atoms with Crippen LogP contribution in [0.1, 0.15) is 76.5 Å². The molecule has 2 aromatic carbocycles. The van der Waals surface area contributed by atoms with Gasteiger partial charge >= 0.3 is 7.12 Å². The smallest absolute Gasteiger partial charge is 0.399 e. The highest BCUT2D eigenvalue weighted by atomic mass is 16.7. The Kier molecular flexibility index (Phi) is 4.05. The fraction of sp³-hybridized carbons (Fsp3) is 0.480. The van der Waals surface area contributed by atoms with Crippen LogP contribution in [-0.4, -0.2) is 18.3 Å². The minimum absolute atomic E-state index is 0.102. The van der Waals surface area contributed by atoms with Crippen molar-refractivity contribution in [2.24, 2.45) is 0 Å². The lowest BCUT2D eigenvalue weighted by molar-refractivity contribution is 0.00578. The molecule has 3 aliphatic rings. The van der Waals surface area contributed by atoms with Gasteiger partial charge in [-0.3, -0.25) is 0 Å². The van der Waals surface area contributed by atoms with Crippen molar-refractivity contribution in [3.8, 4) is 17.2 Å². The van der Waals surface area contributed by atoms with Crippen LogP contribution in [0.2, 0.25) is 0 Å². The Bertz CT molecular complexity index is 1010. The van der Waals surface area contributed by atoms with E-state index in [4.69, 9.17) is 9.31 Å². The number of fused-ring (bicyclic) bond motifs is 5. The van der Waals surface area contributed by atoms with E-state index in [1.807, 2.05) is 12.1 Å². The number of nitrogens with zero attached hydrogens (tertiary/aromatic N) is 1. The van der Waals surface area contributed by atoms with Crippen molar-refractivity contribution < 1.29 is 9.31 Å². The molecule has 4 heteroatoms. The summed E-state index contributed by atoms with van der Waals surface area (Å²) in [5.41, 5.74) is 6.17. The monoisotopic (exact) mass is 385 g/mol. The summed E-state index contributed by atoms with van der Waals surface area (Å²) < 4.78 is 13.0. The van der Waals surface area contributed by atoms with Gasteiger partial charge < -0.3 is 9.31 Å². The van der Waals surface area contributed by atoms with Crippen LogP contribution in [0.3, 0.4) is 0 Å². The first kappa shape index (κ1) is 18.9. The molecular formula is C25H28BNO2. The summed E-state index contributed by atoms with van der Waals surface area (Å²) in [7, 11) is -0.381. The summed E-state index contributed by atoms with van der Waals surface area (Å²) in [5.74, 6) is 0. The number of rotatable bonds is 1. The van der Waals surface area contributed by atoms with E-state index in [2.05, 4.69) is 58.0 Å². The molecule has 0 unspecified atom stereocenters. The predicted octanol–water partition coefficient (Wildman–Crippen LogP) is 5.09. The van der Waals surface area contributed by atoms with Crippen molar-refractivity contribution in [3.63, 3.8) is 0 Å². The second-order valence-electron chi connectivity index (χ2n) is 9.84. The normalized spacial score (nSPS) is 22.9. The summed E-state index contributed by atoms with van der Waals surface area (Å²) in [4.78, 5) is 0. The molecule has 0 aromatic heterocycles. The van der Waals surface area contributed by atoms with Crippen molar-refractivity contribution in [2.45, 2.75) is 76.4 Å². The lowest BCUT2D eigenvalue weighted by atomic mass is 9.61. The first-order chi connectivity index (χ1) is 13.8. The van der Waals surface area contributed by atoms with Gasteiger partial charge in [0.1, 0.15) is 0 Å². The van der Waals surface area contributed by atoms with E-state index in [-0.39, 0.29) is 23.7 Å². The molecule has 3 nitrogen and oxygen atoms in total. The molecular weight excluding hydrogens is 357 g/mol. The molecule has 0 amide bonds. The summed E-state index contributed by atoms with van der Waals surface area (Å²) in [5, 5.41) is 9.91. The Morgan fingerprint density at radius 2 is 1.41 bits per heavy atom. The van der Waals surface area contributed by atoms with E-state index in [0.29, 0.717) is 0 Å². The number of nitriles is 1. The van der Waals surface area contributed by atoms with E-state index < -0.39 is 0 Å². The Morgan fingerprint density at radius 1 is 0.828 bits per heavy atom. The van der Waals surface area contributed by atoms with Gasteiger partial charge in [0, 0.05) is 5.41 Å². The first-order valence-corrected chi connectivity index (χ1v) is 10.8. The lowest BCUT2D eigenvalue weighted by Crippen LogP contribution is -2.42. The van der Waals surface area contributed by atoms with Gasteiger partial charge in [-0.2, -0.15) is 5.26 Å². The third-order valence-electron chi connectivity index (χ3n) is 7.74. The second-order valence-corrected chi connectivity index (χ2v) is 9.84. The van der Waals surface area contributed by atoms with Gasteiger partial charge in [-0.15, -0.1) is 0 Å². The van der Waals surface area contributed by atoms with Crippen LogP contribution in [0.15, 0.2) is 36.4 Å². The topological polar surface area (TPSA) is 42.2 Å². The van der Waals surface area contributed by atoms with Crippen LogP contribution in [0, 0.1) is 11.3 Å². The quantitative estimate of drug-likeness (QED) is 0.643. The molecule has 1 saturated carbocycles. The average Bonchev–Trinajstić information content (AvgIpc) is 3.10. The second kappa shape index (κ2) is 6.21. The van der Waals surface area contributed by atoms with E-state index in [9.17, 15) is 5.26 Å². The molecule has 2 aromatic rings. The third-order valence-corrected chi connectivity index (χ3v) is 7.74. The minimum Gasteiger partial charge on any atom is -0.399 e. The average molecular weight is 385 g/mol. The number of benzene rings is 2. The van der Waals surface area contributed by atoms with Gasteiger partial charge in [0.15, 0.2) is 0 Å². The minimum atomic E-state index is -0.381. The van der Waals surface area contributed by atoms with Gasteiger partial charge in [0.2, 0.25) is 0 Å². The molecule has 2 fully saturated rings. The van der Waals surface area contributed by atoms with E-state index >= 15 is 0 Å². The maximum atomic E-state index is 9.91. The third kappa shape index (κ3) is 2.51. The molecule has 1 aliphatic heterocycles. The molecule has 0 N–H and O–H groups in total. The molecule has 0 radical (unpaired) electrons. The van der Waals surface area contributed by atoms with Crippen LogP contribution >= 0.6 is 0 Å². The Hall–Kier alpha value is -2.09. The summed E-state index contributed by atoms with van der Waals surface area (Å²) in [6, 6.07) is 15.2. The highest BCUT2D eigenvalue weighted by Crippen LogP contribution is 2.56. The van der Waals surface area contributed by atoms with Crippen molar-refractivity contribution in [2.75, 3.05) is 0 Å². The summed E-state index contributed by atoms with van der Waals surface area (Å²) >= 11 is 0. The molecule has 29 heavy (non-hydrogen) atoms. The van der Waals surface area contributed by atoms with Crippen molar-refractivity contribution >= 4 is 12.6 Å². The molecule has 2 aliphatic carbocycles. The van der Waals surface area contributed by atoms with E-state index in [1.54, 1.807) is 0 Å². The molecule has 0 atom stereocenters. The van der Waals surface area contributed by atoms with Gasteiger partial charge in [-0.05, 0) is 74.3 Å². The zero-order chi connectivity index (χ0) is 20.4. The molecule has 5 rings (SSSR count). The van der Waals surface area contributed by atoms with Gasteiger partial charge in [0.05, 0.1) is 22.8 Å². The highest BCUT2D eigenvalue weighted by molar-refractivity contribution is 6.63. The van der Waals surface area contributed by atoms with Crippen LogP contribution in [0.5, 0.6) is 0 Å². The number of hydrogen-bond acceptors (Lipinski definition) is 3. The zero-order valence-electron chi connectivity index (χ0n) is 17.8. The van der Waals surface area contributed by atoms with Crippen LogP contribution in [-0.2, 0) is 14.7 Å². The SMILES string of the molecule is CC1(C)OB(c2cccc3c2C2(CCCCC2)c2c(C#N)cccc2-3)OC1(C)C. The van der Waals surface area contributed by atoms with Crippen LogP contribution in [0.25, 0.3) is 11.1 Å². The Morgan fingerprint density at radius 3 is 2.03 bits per heavy atom. The van der Waals surface area contributed by atoms with Crippen LogP contribution in [0.4, 0.5) is 0 Å². The predicted molar refractivity (Wildman–Crippen MR) is 116 cm³/mol. The maximum absolute atomic E-state index is 9.91. The molecule has 1 saturated heterocycles. The molecule has 1 spiro atoms. The van der Waals surface area contributed by atoms with Crippen LogP contribution < -0.4 is 5.46 Å².